The van der Waals surface area contributed by atoms with E-state index in [4.69, 9.17) is 41.8 Å². The smallest absolute Gasteiger partial charge is 0.323 e. The summed E-state index contributed by atoms with van der Waals surface area (Å²) in [6.07, 6.45) is 0. The number of nitrogens with zero attached hydrogens (tertiary/aromatic N) is 2. The molecule has 0 spiro atoms. The molecule has 1 aliphatic heterocycles. The van der Waals surface area contributed by atoms with E-state index in [0.29, 0.717) is 5.56 Å². The lowest BCUT2D eigenvalue weighted by molar-refractivity contribution is -0.138. The zero-order chi connectivity index (χ0) is 40.8. The maximum absolute atomic E-state index is 12.6. The predicted octanol–water partition coefficient (Wildman–Crippen LogP) is 4.83. The lowest BCUT2D eigenvalue weighted by atomic mass is 9.92. The highest BCUT2D eigenvalue weighted by Gasteiger charge is 2.27. The second kappa shape index (κ2) is 17.2. The molecule has 3 aromatic carbocycles. The van der Waals surface area contributed by atoms with E-state index in [1.807, 2.05) is 0 Å². The first-order chi connectivity index (χ1) is 26.6. The molecular weight excluding hydrogens is 783 g/mol. The SMILES string of the molecule is Cc1ccc(N(CC(=O)O)CC(=O)O)c(OCCOc2cc(-c3c4cc(Cl)c(=O)cc-4oc4cc(O)c(Cl)cc34)c(OC=O)cc2N(CC(=O)O)CC(=O)O)c1. The Labute approximate surface area is 325 Å². The van der Waals surface area contributed by atoms with Crippen LogP contribution in [-0.2, 0) is 24.0 Å². The monoisotopic (exact) mass is 812 g/mol. The number of phenolic OH excluding ortho intramolecular Hbond substituents is 1. The number of halogens is 2. The summed E-state index contributed by atoms with van der Waals surface area (Å²) in [5, 5.41) is 48.5. The minimum absolute atomic E-state index is 0.00667. The Balaban J connectivity index is 1.66. The highest BCUT2D eigenvalue weighted by molar-refractivity contribution is 6.33. The van der Waals surface area contributed by atoms with E-state index in [2.05, 4.69) is 0 Å². The Morgan fingerprint density at radius 2 is 1.29 bits per heavy atom. The number of aryl methyl sites for hydroxylation is 1. The zero-order valence-electron chi connectivity index (χ0n) is 29.0. The van der Waals surface area contributed by atoms with E-state index < -0.39 is 55.5 Å². The number of phenols is 1. The normalized spacial score (nSPS) is 10.9. The summed E-state index contributed by atoms with van der Waals surface area (Å²) in [6, 6.07) is 12.1. The zero-order valence-corrected chi connectivity index (χ0v) is 30.5. The maximum atomic E-state index is 12.6. The Morgan fingerprint density at radius 1 is 0.714 bits per heavy atom. The van der Waals surface area contributed by atoms with Gasteiger partial charge in [0, 0.05) is 40.3 Å². The van der Waals surface area contributed by atoms with Crippen LogP contribution in [0.3, 0.4) is 0 Å². The summed E-state index contributed by atoms with van der Waals surface area (Å²) in [4.78, 5) is 73.4. The summed E-state index contributed by atoms with van der Waals surface area (Å²) in [7, 11) is 0. The number of rotatable bonds is 18. The first-order valence-corrected chi connectivity index (χ1v) is 16.9. The van der Waals surface area contributed by atoms with Crippen LogP contribution in [0, 0.1) is 6.92 Å². The minimum atomic E-state index is -1.42. The average molecular weight is 814 g/mol. The topological polar surface area (TPSA) is 251 Å². The number of benzene rings is 4. The predicted molar refractivity (Wildman–Crippen MR) is 200 cm³/mol. The third kappa shape index (κ3) is 9.31. The third-order valence-electron chi connectivity index (χ3n) is 8.05. The van der Waals surface area contributed by atoms with Gasteiger partial charge in [-0.2, -0.15) is 0 Å². The number of anilines is 2. The van der Waals surface area contributed by atoms with E-state index in [0.717, 1.165) is 15.9 Å². The first kappa shape index (κ1) is 40.5. The van der Waals surface area contributed by atoms with E-state index in [9.17, 15) is 54.3 Å². The lowest BCUT2D eigenvalue weighted by Crippen LogP contribution is -2.35. The molecule has 0 bridgehead atoms. The molecule has 0 atom stereocenters. The molecule has 19 heteroatoms. The Kier molecular flexibility index (Phi) is 12.4. The molecule has 0 saturated heterocycles. The molecule has 5 rings (SSSR count). The number of carbonyl (C=O) groups is 5. The molecule has 0 unspecified atom stereocenters. The third-order valence-corrected chi connectivity index (χ3v) is 8.65. The number of aromatic hydroxyl groups is 1. The highest BCUT2D eigenvalue weighted by Crippen LogP contribution is 2.49. The fraction of sp³-hybridized carbons (Fsp3) is 0.189. The molecule has 1 heterocycles. The van der Waals surface area contributed by atoms with Crippen molar-refractivity contribution >= 4 is 75.9 Å². The van der Waals surface area contributed by atoms with Gasteiger partial charge >= 0.3 is 23.9 Å². The van der Waals surface area contributed by atoms with Crippen molar-refractivity contribution in [3.05, 3.63) is 80.4 Å². The quantitative estimate of drug-likeness (QED) is 0.0451. The van der Waals surface area contributed by atoms with Gasteiger partial charge in [0.1, 0.15) is 73.7 Å². The summed E-state index contributed by atoms with van der Waals surface area (Å²) in [5.74, 6) is -6.05. The molecule has 5 N–H and O–H groups in total. The number of hydrogen-bond acceptors (Lipinski definition) is 13. The van der Waals surface area contributed by atoms with Crippen molar-refractivity contribution in [2.45, 2.75) is 6.92 Å². The van der Waals surface area contributed by atoms with Crippen LogP contribution in [0.25, 0.3) is 33.4 Å². The van der Waals surface area contributed by atoms with Crippen molar-refractivity contribution in [1.82, 2.24) is 0 Å². The molecule has 0 aromatic heterocycles. The molecule has 0 saturated carbocycles. The molecule has 0 radical (unpaired) electrons. The molecule has 3 aromatic rings. The molecule has 17 nitrogen and oxygen atoms in total. The van der Waals surface area contributed by atoms with Crippen LogP contribution in [0.4, 0.5) is 11.4 Å². The number of carboxylic acids is 4. The summed E-state index contributed by atoms with van der Waals surface area (Å²) in [6.45, 7) is -1.79. The lowest BCUT2D eigenvalue weighted by Gasteiger charge is -2.26. The van der Waals surface area contributed by atoms with Crippen molar-refractivity contribution in [3.8, 4) is 45.4 Å². The van der Waals surface area contributed by atoms with Gasteiger partial charge in [-0.15, -0.1) is 0 Å². The van der Waals surface area contributed by atoms with Crippen LogP contribution in [0.2, 0.25) is 10.0 Å². The fourth-order valence-corrected chi connectivity index (χ4v) is 6.18. The number of aliphatic carboxylic acids is 4. The molecule has 292 valence electrons. The summed E-state index contributed by atoms with van der Waals surface area (Å²) >= 11 is 12.6. The fourth-order valence-electron chi connectivity index (χ4n) is 5.85. The van der Waals surface area contributed by atoms with E-state index in [1.165, 1.54) is 36.4 Å². The number of ether oxygens (including phenoxy) is 3. The van der Waals surface area contributed by atoms with Crippen LogP contribution in [0.5, 0.6) is 23.0 Å². The number of carboxylic acid groups (broad SMARTS) is 4. The van der Waals surface area contributed by atoms with Crippen molar-refractivity contribution < 1.29 is 68.1 Å². The van der Waals surface area contributed by atoms with Gasteiger partial charge in [0.15, 0.2) is 0 Å². The van der Waals surface area contributed by atoms with Gasteiger partial charge in [0.05, 0.1) is 21.4 Å². The van der Waals surface area contributed by atoms with Gasteiger partial charge in [-0.1, -0.05) is 29.3 Å². The van der Waals surface area contributed by atoms with Crippen LogP contribution >= 0.6 is 23.2 Å². The number of carbonyl (C=O) groups excluding carboxylic acids is 1. The second-order valence-corrected chi connectivity index (χ2v) is 12.9. The van der Waals surface area contributed by atoms with Crippen molar-refractivity contribution in [2.75, 3.05) is 49.2 Å². The average Bonchev–Trinajstić information content (AvgIpc) is 3.10. The van der Waals surface area contributed by atoms with Gasteiger partial charge < -0.3 is 54.0 Å². The van der Waals surface area contributed by atoms with Gasteiger partial charge in [0.25, 0.3) is 6.47 Å². The maximum Gasteiger partial charge on any atom is 0.323 e. The highest BCUT2D eigenvalue weighted by atomic mass is 35.5. The van der Waals surface area contributed by atoms with Crippen molar-refractivity contribution in [1.29, 1.82) is 0 Å². The van der Waals surface area contributed by atoms with E-state index in [-0.39, 0.29) is 97.5 Å². The van der Waals surface area contributed by atoms with Crippen LogP contribution in [-0.4, -0.2) is 95.3 Å². The Hall–Kier alpha value is -6.72. The summed E-state index contributed by atoms with van der Waals surface area (Å²) in [5.41, 5.74) is 0.587. The Bertz CT molecular complexity index is 2360. The minimum Gasteiger partial charge on any atom is -0.506 e. The van der Waals surface area contributed by atoms with Crippen LogP contribution in [0.15, 0.2) is 63.8 Å². The molecular formula is C37H30Cl2N2O15. The van der Waals surface area contributed by atoms with Crippen molar-refractivity contribution in [3.63, 3.8) is 0 Å². The molecule has 56 heavy (non-hydrogen) atoms. The van der Waals surface area contributed by atoms with Crippen molar-refractivity contribution in [2.24, 2.45) is 0 Å². The molecule has 0 amide bonds. The first-order valence-electron chi connectivity index (χ1n) is 16.2. The van der Waals surface area contributed by atoms with Gasteiger partial charge in [-0.05, 0) is 42.8 Å². The number of fused-ring (bicyclic) bond motifs is 2. The van der Waals surface area contributed by atoms with Gasteiger partial charge in [-0.25, -0.2) is 0 Å². The molecule has 1 aliphatic carbocycles. The summed E-state index contributed by atoms with van der Waals surface area (Å²) < 4.78 is 23.3. The Morgan fingerprint density at radius 3 is 1.86 bits per heavy atom. The standard InChI is InChI=1S/C37H30Cl2N2O15/c1-18-2-3-24(40(13-33(45)46)14-34(47)48)31(6-18)53-4-5-54-32-9-21(28(55-17-42)10-25(32)41(15-35(49)50)16-36(51)52)37-19-7-22(38)26(43)11-29(19)56-30-12-27(44)23(39)8-20(30)37/h2-3,6-12,17,43H,4-5,13-16H2,1H3,(H,45,46)(H,47,48)(H,49,50)(H,51,52). The molecule has 0 fully saturated rings. The van der Waals surface area contributed by atoms with E-state index >= 15 is 0 Å². The largest absolute Gasteiger partial charge is 0.506 e. The number of hydrogen-bond donors (Lipinski definition) is 5. The second-order valence-electron chi connectivity index (χ2n) is 12.0. The van der Waals surface area contributed by atoms with E-state index in [1.54, 1.807) is 19.1 Å². The van der Waals surface area contributed by atoms with Crippen LogP contribution < -0.4 is 29.4 Å². The van der Waals surface area contributed by atoms with Gasteiger partial charge in [-0.3, -0.25) is 28.8 Å². The van der Waals surface area contributed by atoms with Gasteiger partial charge in [0.2, 0.25) is 5.43 Å². The molecule has 2 aliphatic rings. The van der Waals surface area contributed by atoms with Crippen LogP contribution in [0.1, 0.15) is 5.56 Å².